The molecule has 2 aromatic rings. The molecule has 4 heteroatoms. The summed E-state index contributed by atoms with van der Waals surface area (Å²) in [6, 6.07) is 17.3. The third-order valence-electron chi connectivity index (χ3n) is 4.19. The summed E-state index contributed by atoms with van der Waals surface area (Å²) in [6.07, 6.45) is 3.36. The van der Waals surface area contributed by atoms with Crippen LogP contribution in [0.2, 0.25) is 0 Å². The van der Waals surface area contributed by atoms with Gasteiger partial charge in [-0.3, -0.25) is 6.08 Å². The Morgan fingerprint density at radius 2 is 1.40 bits per heavy atom. The molecule has 0 heterocycles. The van der Waals surface area contributed by atoms with Crippen LogP contribution in [-0.4, -0.2) is 5.11 Å². The molecule has 1 atom stereocenters. The van der Waals surface area contributed by atoms with Gasteiger partial charge in [-0.05, 0) is 23.3 Å². The van der Waals surface area contributed by atoms with Gasteiger partial charge in [0.15, 0.2) is 0 Å². The van der Waals surface area contributed by atoms with E-state index in [1.165, 1.54) is 16.7 Å². The molecule has 1 aliphatic carbocycles. The van der Waals surface area contributed by atoms with Crippen LogP contribution < -0.4 is 0 Å². The van der Waals surface area contributed by atoms with Gasteiger partial charge in [-0.1, -0.05) is 69.2 Å². The van der Waals surface area contributed by atoms with Crippen molar-refractivity contribution in [1.82, 2.24) is 0 Å². The topological polar surface area (TPSA) is 20.2 Å². The van der Waals surface area contributed by atoms with E-state index in [2.05, 4.69) is 33.8 Å². The van der Waals surface area contributed by atoms with E-state index in [1.807, 2.05) is 42.5 Å². The van der Waals surface area contributed by atoms with Crippen molar-refractivity contribution < 1.29 is 26.8 Å². The summed E-state index contributed by atoms with van der Waals surface area (Å²) in [4.78, 5) is 0. The van der Waals surface area contributed by atoms with Crippen LogP contribution in [0.4, 0.5) is 0 Å². The predicted molar refractivity (Wildman–Crippen MR) is 108 cm³/mol. The first kappa shape index (κ1) is 26.2. The van der Waals surface area contributed by atoms with Gasteiger partial charge in [-0.25, -0.2) is 5.57 Å². The van der Waals surface area contributed by atoms with Gasteiger partial charge in [0.25, 0.3) is 0 Å². The minimum absolute atomic E-state index is 0. The first-order valence-corrected chi connectivity index (χ1v) is 7.61. The van der Waals surface area contributed by atoms with Crippen LogP contribution in [0.15, 0.2) is 71.3 Å². The van der Waals surface area contributed by atoms with E-state index in [0.29, 0.717) is 11.7 Å². The Morgan fingerprint density at radius 3 is 1.80 bits per heavy atom. The Kier molecular flexibility index (Phi) is 13.0. The average molecular weight is 412 g/mol. The maximum absolute atomic E-state index is 9.27. The van der Waals surface area contributed by atoms with E-state index >= 15 is 0 Å². The number of halogens is 2. The number of aromatic hydroxyl groups is 1. The van der Waals surface area contributed by atoms with Gasteiger partial charge < -0.3 is 5.11 Å². The third-order valence-corrected chi connectivity index (χ3v) is 4.19. The smallest absolute Gasteiger partial charge is 0.116 e. The van der Waals surface area contributed by atoms with Crippen LogP contribution in [0, 0.1) is 12.0 Å². The molecule has 1 unspecified atom stereocenters. The molecule has 1 aliphatic rings. The summed E-state index contributed by atoms with van der Waals surface area (Å²) in [5, 5.41) is 9.27. The van der Waals surface area contributed by atoms with E-state index < -0.39 is 0 Å². The molecule has 3 rings (SSSR count). The van der Waals surface area contributed by atoms with Crippen molar-refractivity contribution >= 4 is 24.8 Å². The van der Waals surface area contributed by atoms with Crippen molar-refractivity contribution in [2.24, 2.45) is 5.92 Å². The predicted octanol–water partition coefficient (Wildman–Crippen LogP) is 6.62. The second-order valence-corrected chi connectivity index (χ2v) is 5.72. The fourth-order valence-corrected chi connectivity index (χ4v) is 2.48. The van der Waals surface area contributed by atoms with Gasteiger partial charge in [0, 0.05) is 21.7 Å². The molecule has 0 bridgehead atoms. The van der Waals surface area contributed by atoms with Crippen molar-refractivity contribution in [2.75, 3.05) is 0 Å². The normalized spacial score (nSPS) is 14.9. The Balaban J connectivity index is 0. The zero-order valence-electron chi connectivity index (χ0n) is 15.0. The van der Waals surface area contributed by atoms with Gasteiger partial charge in [0.1, 0.15) is 5.75 Å². The molecule has 1 N–H and O–H groups in total. The van der Waals surface area contributed by atoms with Crippen molar-refractivity contribution in [2.45, 2.75) is 27.7 Å². The summed E-state index contributed by atoms with van der Waals surface area (Å²) >= 11 is 0. The van der Waals surface area contributed by atoms with Gasteiger partial charge in [0.05, 0.1) is 0 Å². The number of hydrogen-bond donors (Lipinski definition) is 1. The molecule has 134 valence electrons. The van der Waals surface area contributed by atoms with Crippen LogP contribution in [0.1, 0.15) is 27.7 Å². The molecule has 0 saturated heterocycles. The molecule has 0 fully saturated rings. The van der Waals surface area contributed by atoms with E-state index in [1.54, 1.807) is 12.1 Å². The fraction of sp³-hybridized carbons (Fsp3) is 0.238. The largest absolute Gasteiger partial charge is 0.508 e. The number of hydrogen-bond acceptors (Lipinski definition) is 1. The zero-order chi connectivity index (χ0) is 16.1. The first-order chi connectivity index (χ1) is 10.5. The number of allylic oxidation sites excluding steroid dienone is 4. The summed E-state index contributed by atoms with van der Waals surface area (Å²) < 4.78 is 0. The van der Waals surface area contributed by atoms with Gasteiger partial charge >= 0.3 is 0 Å². The van der Waals surface area contributed by atoms with Gasteiger partial charge in [-0.15, -0.1) is 31.7 Å². The van der Waals surface area contributed by atoms with Gasteiger partial charge in [0.2, 0.25) is 0 Å². The number of phenols is 1. The first-order valence-electron chi connectivity index (χ1n) is 7.61. The Hall–Kier alpha value is -0.986. The maximum Gasteiger partial charge on any atom is 0.116 e. The van der Waals surface area contributed by atoms with E-state index in [0.717, 1.165) is 11.1 Å². The Labute approximate surface area is 179 Å². The van der Waals surface area contributed by atoms with Gasteiger partial charge in [-0.2, -0.15) is 11.1 Å². The molecule has 1 nitrogen and oxygen atoms in total. The summed E-state index contributed by atoms with van der Waals surface area (Å²) in [6.45, 7) is 8.67. The SMILES string of the molecule is CC1=[C-]C(C)C(C)=C1C.Cl.Cl.Oc1cccc(-c2ccccc2)c1.[Ti]. The van der Waals surface area contributed by atoms with E-state index in [9.17, 15) is 5.11 Å². The van der Waals surface area contributed by atoms with Crippen LogP contribution >= 0.6 is 24.8 Å². The number of phenolic OH excluding ortho intramolecular Hbond substituents is 1. The molecule has 0 amide bonds. The second-order valence-electron chi connectivity index (χ2n) is 5.72. The average Bonchev–Trinajstić information content (AvgIpc) is 2.75. The van der Waals surface area contributed by atoms with Crippen LogP contribution in [0.3, 0.4) is 0 Å². The summed E-state index contributed by atoms with van der Waals surface area (Å²) in [5.74, 6) is 0.867. The van der Waals surface area contributed by atoms with Crippen molar-refractivity contribution in [3.63, 3.8) is 0 Å². The van der Waals surface area contributed by atoms with Crippen molar-refractivity contribution in [3.8, 4) is 16.9 Å². The molecule has 25 heavy (non-hydrogen) atoms. The van der Waals surface area contributed by atoms with Crippen LogP contribution in [0.25, 0.3) is 11.1 Å². The standard InChI is InChI=1S/C12H10O.C9H13.2ClH.Ti/c13-12-8-4-7-11(9-12)10-5-2-1-3-6-10;1-6-5-7(2)9(4)8(6)3;;;/h1-9,13H;6H,1-4H3;2*1H;/q;-1;;;. The Morgan fingerprint density at radius 1 is 0.840 bits per heavy atom. The van der Waals surface area contributed by atoms with Crippen LogP contribution in [0.5, 0.6) is 5.75 Å². The molecule has 0 aliphatic heterocycles. The quantitative estimate of drug-likeness (QED) is 0.412. The number of rotatable bonds is 1. The molecule has 0 saturated carbocycles. The minimum Gasteiger partial charge on any atom is -0.508 e. The second kappa shape index (κ2) is 12.4. The van der Waals surface area contributed by atoms with E-state index in [4.69, 9.17) is 0 Å². The summed E-state index contributed by atoms with van der Waals surface area (Å²) in [5.41, 5.74) is 6.41. The minimum atomic E-state index is 0. The van der Waals surface area contributed by atoms with Crippen molar-refractivity contribution in [1.29, 1.82) is 0 Å². The molecule has 2 aromatic carbocycles. The molecule has 0 spiro atoms. The molecular formula is C21H25Cl2OTi-. The third kappa shape index (κ3) is 7.42. The monoisotopic (exact) mass is 411 g/mol. The fourth-order valence-electron chi connectivity index (χ4n) is 2.48. The molecular weight excluding hydrogens is 387 g/mol. The molecule has 0 radical (unpaired) electrons. The Bertz CT molecular complexity index is 709. The van der Waals surface area contributed by atoms with E-state index in [-0.39, 0.29) is 46.5 Å². The van der Waals surface area contributed by atoms with Crippen molar-refractivity contribution in [3.05, 3.63) is 77.4 Å². The molecule has 0 aromatic heterocycles. The zero-order valence-corrected chi connectivity index (χ0v) is 18.2. The number of benzene rings is 2. The summed E-state index contributed by atoms with van der Waals surface area (Å²) in [7, 11) is 0. The van der Waals surface area contributed by atoms with Crippen LogP contribution in [-0.2, 0) is 21.7 Å². The maximum atomic E-state index is 9.27.